The van der Waals surface area contributed by atoms with Gasteiger partial charge in [0.2, 0.25) is 0 Å². The molecule has 1 rings (SSSR count). The highest BCUT2D eigenvalue weighted by Crippen LogP contribution is 2.48. The summed E-state index contributed by atoms with van der Waals surface area (Å²) in [5.41, 5.74) is 0.645. The summed E-state index contributed by atoms with van der Waals surface area (Å²) in [5, 5.41) is 0.491. The maximum Gasteiger partial charge on any atom is 0.0346 e. The molecule has 0 amide bonds. The second kappa shape index (κ2) is 2.49. The summed E-state index contributed by atoms with van der Waals surface area (Å²) in [7, 11) is 0. The van der Waals surface area contributed by atoms with Crippen LogP contribution in [0.1, 0.15) is 39.5 Å². The van der Waals surface area contributed by atoms with Crippen LogP contribution in [-0.4, -0.2) is 5.38 Å². The van der Waals surface area contributed by atoms with Gasteiger partial charge in [-0.25, -0.2) is 0 Å². The first-order valence-electron chi connectivity index (χ1n) is 3.86. The molecule has 0 nitrogen and oxygen atoms in total. The van der Waals surface area contributed by atoms with Crippen LogP contribution in [0, 0.1) is 5.41 Å². The van der Waals surface area contributed by atoms with Gasteiger partial charge >= 0.3 is 0 Å². The summed E-state index contributed by atoms with van der Waals surface area (Å²) in [4.78, 5) is 0. The van der Waals surface area contributed by atoms with E-state index in [2.05, 4.69) is 13.8 Å². The molecule has 9 heavy (non-hydrogen) atoms. The average Bonchev–Trinajstić information content (AvgIpc) is 1.81. The van der Waals surface area contributed by atoms with Gasteiger partial charge in [0, 0.05) is 5.38 Å². The van der Waals surface area contributed by atoms with Crippen LogP contribution in [-0.2, 0) is 0 Å². The van der Waals surface area contributed by atoms with Crippen LogP contribution in [0.25, 0.3) is 0 Å². The summed E-state index contributed by atoms with van der Waals surface area (Å²) in [5.74, 6) is 0. The van der Waals surface area contributed by atoms with Crippen molar-refractivity contribution in [3.05, 3.63) is 0 Å². The topological polar surface area (TPSA) is 0 Å². The van der Waals surface area contributed by atoms with Crippen LogP contribution in [0.4, 0.5) is 0 Å². The summed E-state index contributed by atoms with van der Waals surface area (Å²) < 4.78 is 0. The Hall–Kier alpha value is 0.290. The first kappa shape index (κ1) is 7.40. The van der Waals surface area contributed by atoms with Crippen molar-refractivity contribution in [2.75, 3.05) is 0 Å². The Bertz CT molecular complexity index is 86.7. The van der Waals surface area contributed by atoms with Crippen LogP contribution >= 0.6 is 11.6 Å². The van der Waals surface area contributed by atoms with Gasteiger partial charge in [0.25, 0.3) is 0 Å². The average molecular weight is 147 g/mol. The SMILES string of the molecule is CCC1(CC)CC(Cl)C1. The second-order valence-electron chi connectivity index (χ2n) is 3.21. The predicted molar refractivity (Wildman–Crippen MR) is 41.9 cm³/mol. The van der Waals surface area contributed by atoms with Gasteiger partial charge in [-0.2, -0.15) is 0 Å². The molecule has 1 heteroatoms. The zero-order valence-electron chi connectivity index (χ0n) is 6.28. The molecule has 0 N–H and O–H groups in total. The molecule has 0 aromatic carbocycles. The number of hydrogen-bond donors (Lipinski definition) is 0. The number of halogens is 1. The molecule has 0 radical (unpaired) electrons. The van der Waals surface area contributed by atoms with E-state index in [0.29, 0.717) is 10.8 Å². The van der Waals surface area contributed by atoms with E-state index in [-0.39, 0.29) is 0 Å². The lowest BCUT2D eigenvalue weighted by molar-refractivity contribution is 0.127. The molecule has 0 bridgehead atoms. The van der Waals surface area contributed by atoms with E-state index in [1.807, 2.05) is 0 Å². The molecule has 0 aromatic rings. The zero-order valence-corrected chi connectivity index (χ0v) is 7.04. The van der Waals surface area contributed by atoms with Gasteiger partial charge in [-0.15, -0.1) is 11.6 Å². The third-order valence-corrected chi connectivity index (χ3v) is 3.12. The van der Waals surface area contributed by atoms with E-state index < -0.39 is 0 Å². The van der Waals surface area contributed by atoms with Gasteiger partial charge in [0.05, 0.1) is 0 Å². The van der Waals surface area contributed by atoms with Crippen LogP contribution < -0.4 is 0 Å². The Balaban J connectivity index is 2.36. The van der Waals surface area contributed by atoms with Crippen molar-refractivity contribution in [3.63, 3.8) is 0 Å². The van der Waals surface area contributed by atoms with E-state index in [1.54, 1.807) is 0 Å². The fourth-order valence-electron chi connectivity index (χ4n) is 1.71. The van der Waals surface area contributed by atoms with Gasteiger partial charge in [0.1, 0.15) is 0 Å². The predicted octanol–water partition coefficient (Wildman–Crippen LogP) is 3.19. The molecule has 0 spiro atoms. The minimum Gasteiger partial charge on any atom is -0.123 e. The highest BCUT2D eigenvalue weighted by atomic mass is 35.5. The third kappa shape index (κ3) is 1.24. The van der Waals surface area contributed by atoms with Crippen LogP contribution in [0.2, 0.25) is 0 Å². The number of alkyl halides is 1. The summed E-state index contributed by atoms with van der Waals surface area (Å²) >= 11 is 5.89. The van der Waals surface area contributed by atoms with E-state index in [9.17, 15) is 0 Å². The summed E-state index contributed by atoms with van der Waals surface area (Å²) in [6.45, 7) is 4.54. The van der Waals surface area contributed by atoms with Gasteiger partial charge in [0.15, 0.2) is 0 Å². The molecule has 1 aliphatic rings. The van der Waals surface area contributed by atoms with Gasteiger partial charge in [-0.3, -0.25) is 0 Å². The lowest BCUT2D eigenvalue weighted by Crippen LogP contribution is -2.36. The van der Waals surface area contributed by atoms with Crippen molar-refractivity contribution >= 4 is 11.6 Å². The van der Waals surface area contributed by atoms with Crippen molar-refractivity contribution in [1.29, 1.82) is 0 Å². The first-order chi connectivity index (χ1) is 4.22. The van der Waals surface area contributed by atoms with E-state index in [4.69, 9.17) is 11.6 Å². The monoisotopic (exact) mass is 146 g/mol. The molecule has 0 aromatic heterocycles. The Morgan fingerprint density at radius 3 is 1.89 bits per heavy atom. The standard InChI is InChI=1S/C8H15Cl/c1-3-8(4-2)5-7(9)6-8/h7H,3-6H2,1-2H3. The molecular weight excluding hydrogens is 132 g/mol. The van der Waals surface area contributed by atoms with Crippen LogP contribution in [0.15, 0.2) is 0 Å². The van der Waals surface area contributed by atoms with E-state index in [1.165, 1.54) is 25.7 Å². The quantitative estimate of drug-likeness (QED) is 0.525. The molecule has 0 saturated heterocycles. The minimum atomic E-state index is 0.491. The van der Waals surface area contributed by atoms with Gasteiger partial charge in [-0.1, -0.05) is 26.7 Å². The molecular formula is C8H15Cl. The van der Waals surface area contributed by atoms with E-state index >= 15 is 0 Å². The number of hydrogen-bond acceptors (Lipinski definition) is 0. The Kier molecular flexibility index (Phi) is 2.05. The summed E-state index contributed by atoms with van der Waals surface area (Å²) in [6.07, 6.45) is 5.13. The molecule has 0 heterocycles. The molecule has 0 unspecified atom stereocenters. The fraction of sp³-hybridized carbons (Fsp3) is 1.00. The highest BCUT2D eigenvalue weighted by molar-refractivity contribution is 6.21. The van der Waals surface area contributed by atoms with Gasteiger partial charge in [-0.05, 0) is 18.3 Å². The lowest BCUT2D eigenvalue weighted by Gasteiger charge is -2.44. The normalized spacial score (nSPS) is 25.7. The maximum atomic E-state index is 5.89. The maximum absolute atomic E-state index is 5.89. The second-order valence-corrected chi connectivity index (χ2v) is 3.83. The highest BCUT2D eigenvalue weighted by Gasteiger charge is 2.39. The van der Waals surface area contributed by atoms with E-state index in [0.717, 1.165) is 0 Å². The zero-order chi connectivity index (χ0) is 6.91. The Labute approximate surface area is 62.6 Å². The van der Waals surface area contributed by atoms with Crippen LogP contribution in [0.3, 0.4) is 0 Å². The molecule has 54 valence electrons. The smallest absolute Gasteiger partial charge is 0.0346 e. The van der Waals surface area contributed by atoms with Crippen LogP contribution in [0.5, 0.6) is 0 Å². The molecule has 0 atom stereocenters. The molecule has 1 aliphatic carbocycles. The van der Waals surface area contributed by atoms with Crippen molar-refractivity contribution in [1.82, 2.24) is 0 Å². The van der Waals surface area contributed by atoms with Crippen molar-refractivity contribution < 1.29 is 0 Å². The third-order valence-electron chi connectivity index (χ3n) is 2.81. The first-order valence-corrected chi connectivity index (χ1v) is 4.30. The summed E-state index contributed by atoms with van der Waals surface area (Å²) in [6, 6.07) is 0. The largest absolute Gasteiger partial charge is 0.123 e. The van der Waals surface area contributed by atoms with Crippen molar-refractivity contribution in [3.8, 4) is 0 Å². The van der Waals surface area contributed by atoms with Crippen molar-refractivity contribution in [2.45, 2.75) is 44.9 Å². The lowest BCUT2D eigenvalue weighted by atomic mass is 9.65. The molecule has 1 fully saturated rings. The molecule has 0 aliphatic heterocycles. The fourth-order valence-corrected chi connectivity index (χ4v) is 2.36. The Morgan fingerprint density at radius 1 is 1.33 bits per heavy atom. The van der Waals surface area contributed by atoms with Gasteiger partial charge < -0.3 is 0 Å². The Morgan fingerprint density at radius 2 is 1.78 bits per heavy atom. The van der Waals surface area contributed by atoms with Crippen molar-refractivity contribution in [2.24, 2.45) is 5.41 Å². The number of rotatable bonds is 2. The molecule has 1 saturated carbocycles. The minimum absolute atomic E-state index is 0.491.